The van der Waals surface area contributed by atoms with Crippen LogP contribution in [-0.2, 0) is 0 Å². The maximum atomic E-state index is 9.81. The maximum Gasteiger partial charge on any atom is 0.530 e. The summed E-state index contributed by atoms with van der Waals surface area (Å²) in [7, 11) is -2.00. The molecule has 0 amide bonds. The molecule has 6 nitrogen and oxygen atoms in total. The Balaban J connectivity index is 1.89. The highest BCUT2D eigenvalue weighted by Gasteiger charge is 2.21. The van der Waals surface area contributed by atoms with Crippen LogP contribution < -0.4 is 13.6 Å². The normalized spacial score (nSPS) is 10.7. The summed E-state index contributed by atoms with van der Waals surface area (Å²) < 4.78 is 17.5. The number of benzene rings is 3. The standard InChI is InChI=1S/C21H21O6P/c1-13-4-16(22)10-19(7-13)25-28(26-20-8-14(2)5-17(23)11-20)27-21-9-15(3)6-18(24)12-21/h4-12,22-24H,1-3H3. The molecule has 0 aliphatic rings. The Morgan fingerprint density at radius 1 is 0.500 bits per heavy atom. The minimum Gasteiger partial charge on any atom is -0.508 e. The second kappa shape index (κ2) is 8.28. The summed E-state index contributed by atoms with van der Waals surface area (Å²) in [5, 5.41) is 29.4. The first-order chi connectivity index (χ1) is 13.3. The van der Waals surface area contributed by atoms with Crippen molar-refractivity contribution < 1.29 is 28.9 Å². The highest BCUT2D eigenvalue weighted by molar-refractivity contribution is 7.43. The molecule has 0 aromatic heterocycles. The van der Waals surface area contributed by atoms with Crippen LogP contribution in [0.3, 0.4) is 0 Å². The van der Waals surface area contributed by atoms with Gasteiger partial charge in [-0.2, -0.15) is 0 Å². The molecule has 3 N–H and O–H groups in total. The van der Waals surface area contributed by atoms with E-state index in [4.69, 9.17) is 13.6 Å². The first-order valence-corrected chi connectivity index (χ1v) is 9.62. The van der Waals surface area contributed by atoms with Crippen LogP contribution in [0, 0.1) is 20.8 Å². The van der Waals surface area contributed by atoms with Gasteiger partial charge >= 0.3 is 8.60 Å². The molecule has 0 aliphatic heterocycles. The predicted octanol–water partition coefficient (Wildman–Crippen LogP) is 5.49. The SMILES string of the molecule is Cc1cc(O)cc(OP(Oc2cc(C)cc(O)c2)Oc2cc(C)cc(O)c2)c1. The van der Waals surface area contributed by atoms with E-state index in [0.29, 0.717) is 17.2 Å². The topological polar surface area (TPSA) is 88.4 Å². The van der Waals surface area contributed by atoms with Crippen molar-refractivity contribution >= 4 is 8.60 Å². The van der Waals surface area contributed by atoms with Crippen LogP contribution in [-0.4, -0.2) is 15.3 Å². The van der Waals surface area contributed by atoms with Crippen LogP contribution >= 0.6 is 8.60 Å². The molecule has 0 saturated heterocycles. The zero-order valence-corrected chi connectivity index (χ0v) is 16.6. The molecule has 28 heavy (non-hydrogen) atoms. The number of phenols is 3. The van der Waals surface area contributed by atoms with E-state index in [0.717, 1.165) is 16.7 Å². The molecule has 3 aromatic carbocycles. The van der Waals surface area contributed by atoms with E-state index in [1.165, 1.54) is 18.2 Å². The van der Waals surface area contributed by atoms with Gasteiger partial charge in [-0.15, -0.1) is 0 Å². The second-order valence-electron chi connectivity index (χ2n) is 6.51. The monoisotopic (exact) mass is 400 g/mol. The van der Waals surface area contributed by atoms with Gasteiger partial charge in [0.1, 0.15) is 34.5 Å². The van der Waals surface area contributed by atoms with Gasteiger partial charge in [-0.25, -0.2) is 0 Å². The summed E-state index contributed by atoms with van der Waals surface area (Å²) in [5.41, 5.74) is 2.43. The lowest BCUT2D eigenvalue weighted by Crippen LogP contribution is -2.03. The molecule has 0 aliphatic carbocycles. The highest BCUT2D eigenvalue weighted by atomic mass is 31.2. The fourth-order valence-electron chi connectivity index (χ4n) is 2.66. The Labute approximate surface area is 164 Å². The predicted molar refractivity (Wildman–Crippen MR) is 107 cm³/mol. The van der Waals surface area contributed by atoms with Gasteiger partial charge in [0.25, 0.3) is 0 Å². The van der Waals surface area contributed by atoms with E-state index >= 15 is 0 Å². The zero-order chi connectivity index (χ0) is 20.3. The molecular formula is C21H21O6P. The van der Waals surface area contributed by atoms with Crippen molar-refractivity contribution in [3.05, 3.63) is 71.3 Å². The van der Waals surface area contributed by atoms with Crippen molar-refractivity contribution in [2.45, 2.75) is 20.8 Å². The van der Waals surface area contributed by atoms with Gasteiger partial charge in [0.15, 0.2) is 0 Å². The number of phenolic OH excluding ortho intramolecular Hbond substituents is 3. The van der Waals surface area contributed by atoms with Crippen molar-refractivity contribution in [1.82, 2.24) is 0 Å². The fourth-order valence-corrected chi connectivity index (χ4v) is 3.60. The van der Waals surface area contributed by atoms with Gasteiger partial charge < -0.3 is 28.9 Å². The quantitative estimate of drug-likeness (QED) is 0.474. The smallest absolute Gasteiger partial charge is 0.508 e. The average Bonchev–Trinajstić information content (AvgIpc) is 2.51. The fraction of sp³-hybridized carbons (Fsp3) is 0.143. The molecule has 0 heterocycles. The molecule has 3 rings (SSSR count). The lowest BCUT2D eigenvalue weighted by molar-refractivity contribution is 0.383. The van der Waals surface area contributed by atoms with E-state index < -0.39 is 8.60 Å². The van der Waals surface area contributed by atoms with Gasteiger partial charge in [-0.3, -0.25) is 0 Å². The van der Waals surface area contributed by atoms with Gasteiger partial charge in [-0.05, 0) is 73.9 Å². The van der Waals surface area contributed by atoms with Crippen LogP contribution in [0.15, 0.2) is 54.6 Å². The number of rotatable bonds is 6. The lowest BCUT2D eigenvalue weighted by Gasteiger charge is -2.19. The van der Waals surface area contributed by atoms with Gasteiger partial charge in [0, 0.05) is 18.2 Å². The number of aryl methyl sites for hydroxylation is 3. The summed E-state index contributed by atoms with van der Waals surface area (Å²) in [6.07, 6.45) is 0. The third-order valence-electron chi connectivity index (χ3n) is 3.65. The molecule has 0 fully saturated rings. The third kappa shape index (κ3) is 5.44. The molecule has 146 valence electrons. The molecule has 0 spiro atoms. The van der Waals surface area contributed by atoms with E-state index in [9.17, 15) is 15.3 Å². The molecule has 0 radical (unpaired) electrons. The summed E-state index contributed by atoms with van der Waals surface area (Å²) in [5.74, 6) is 1.30. The Morgan fingerprint density at radius 3 is 1.04 bits per heavy atom. The van der Waals surface area contributed by atoms with Crippen molar-refractivity contribution in [2.24, 2.45) is 0 Å². The second-order valence-corrected chi connectivity index (χ2v) is 7.51. The summed E-state index contributed by atoms with van der Waals surface area (Å²) in [6.45, 7) is 5.48. The molecular weight excluding hydrogens is 379 g/mol. The first-order valence-electron chi connectivity index (χ1n) is 8.53. The van der Waals surface area contributed by atoms with Crippen LogP contribution in [0.25, 0.3) is 0 Å². The third-order valence-corrected chi connectivity index (χ3v) is 4.73. The largest absolute Gasteiger partial charge is 0.530 e. The minimum absolute atomic E-state index is 0.0614. The van der Waals surface area contributed by atoms with E-state index in [-0.39, 0.29) is 17.2 Å². The van der Waals surface area contributed by atoms with Crippen LogP contribution in [0.1, 0.15) is 16.7 Å². The van der Waals surface area contributed by atoms with Crippen molar-refractivity contribution in [1.29, 1.82) is 0 Å². The Morgan fingerprint density at radius 2 is 0.786 bits per heavy atom. The molecule has 3 aromatic rings. The molecule has 0 unspecified atom stereocenters. The van der Waals surface area contributed by atoms with Crippen molar-refractivity contribution in [3.8, 4) is 34.5 Å². The first kappa shape index (κ1) is 19.6. The summed E-state index contributed by atoms with van der Waals surface area (Å²) in [4.78, 5) is 0. The lowest BCUT2D eigenvalue weighted by atomic mass is 10.2. The van der Waals surface area contributed by atoms with Gasteiger partial charge in [-0.1, -0.05) is 0 Å². The van der Waals surface area contributed by atoms with Crippen LogP contribution in [0.4, 0.5) is 0 Å². The maximum absolute atomic E-state index is 9.81. The van der Waals surface area contributed by atoms with Crippen molar-refractivity contribution in [2.75, 3.05) is 0 Å². The summed E-state index contributed by atoms with van der Waals surface area (Å²) >= 11 is 0. The molecule has 7 heteroatoms. The van der Waals surface area contributed by atoms with Gasteiger partial charge in [0.2, 0.25) is 0 Å². The Bertz CT molecular complexity index is 801. The molecule has 0 atom stereocenters. The molecule has 0 bridgehead atoms. The Kier molecular flexibility index (Phi) is 5.81. The van der Waals surface area contributed by atoms with Crippen molar-refractivity contribution in [3.63, 3.8) is 0 Å². The number of hydrogen-bond acceptors (Lipinski definition) is 6. The highest BCUT2D eigenvalue weighted by Crippen LogP contribution is 2.44. The average molecular weight is 400 g/mol. The van der Waals surface area contributed by atoms with Crippen LogP contribution in [0.2, 0.25) is 0 Å². The van der Waals surface area contributed by atoms with Gasteiger partial charge in [0.05, 0.1) is 0 Å². The number of hydrogen-bond donors (Lipinski definition) is 3. The van der Waals surface area contributed by atoms with E-state index in [1.54, 1.807) is 36.4 Å². The number of aromatic hydroxyl groups is 3. The van der Waals surface area contributed by atoms with E-state index in [2.05, 4.69) is 0 Å². The summed E-state index contributed by atoms with van der Waals surface area (Å²) in [6, 6.07) is 14.4. The van der Waals surface area contributed by atoms with E-state index in [1.807, 2.05) is 20.8 Å². The Hall–Kier alpha value is -3.11. The molecule has 0 saturated carbocycles. The zero-order valence-electron chi connectivity index (χ0n) is 15.7. The van der Waals surface area contributed by atoms with Crippen LogP contribution in [0.5, 0.6) is 34.5 Å². The minimum atomic E-state index is -2.00.